The van der Waals surface area contributed by atoms with Gasteiger partial charge in [-0.05, 0) is 31.0 Å². The average Bonchev–Trinajstić information content (AvgIpc) is 2.10. The molecule has 0 aliphatic carbocycles. The Hall–Kier alpha value is -0.930. The lowest BCUT2D eigenvalue weighted by Crippen LogP contribution is -2.04. The van der Waals surface area contributed by atoms with E-state index in [0.29, 0.717) is 12.2 Å². The van der Waals surface area contributed by atoms with Crippen molar-refractivity contribution in [3.63, 3.8) is 0 Å². The van der Waals surface area contributed by atoms with Crippen LogP contribution in [-0.2, 0) is 6.42 Å². The number of aliphatic hydroxyl groups excluding tert-OH is 1. The number of rotatable bonds is 3. The first-order valence-electron chi connectivity index (χ1n) is 4.28. The first kappa shape index (κ1) is 11.1. The summed E-state index contributed by atoms with van der Waals surface area (Å²) in [6.45, 7) is 1.69. The molecule has 3 nitrogen and oxygen atoms in total. The minimum Gasteiger partial charge on any atom is -0.503 e. The zero-order chi connectivity index (χ0) is 10.7. The van der Waals surface area contributed by atoms with E-state index in [1.807, 2.05) is 0 Å². The number of benzene rings is 1. The Bertz CT molecular complexity index is 323. The number of phenolic OH excluding ortho intramolecular Hbond substituents is 1. The van der Waals surface area contributed by atoms with Gasteiger partial charge in [-0.2, -0.15) is 0 Å². The van der Waals surface area contributed by atoms with E-state index in [0.717, 1.165) is 5.56 Å². The van der Waals surface area contributed by atoms with Crippen molar-refractivity contribution >= 4 is 11.6 Å². The van der Waals surface area contributed by atoms with Gasteiger partial charge in [-0.3, -0.25) is 0 Å². The molecular weight excluding hydrogens is 204 g/mol. The predicted molar refractivity (Wildman–Crippen MR) is 55.1 cm³/mol. The number of phenols is 1. The molecule has 0 saturated heterocycles. The van der Waals surface area contributed by atoms with Crippen molar-refractivity contribution in [1.82, 2.24) is 0 Å². The van der Waals surface area contributed by atoms with Crippen molar-refractivity contribution in [2.75, 3.05) is 7.11 Å². The van der Waals surface area contributed by atoms with Gasteiger partial charge in [0.1, 0.15) is 0 Å². The molecule has 0 aliphatic heterocycles. The highest BCUT2D eigenvalue weighted by Gasteiger charge is 2.09. The maximum absolute atomic E-state index is 9.44. The molecule has 4 heteroatoms. The van der Waals surface area contributed by atoms with Gasteiger partial charge in [0.15, 0.2) is 11.5 Å². The van der Waals surface area contributed by atoms with Crippen LogP contribution in [0, 0.1) is 0 Å². The summed E-state index contributed by atoms with van der Waals surface area (Å²) in [4.78, 5) is 0. The molecule has 0 radical (unpaired) electrons. The Labute approximate surface area is 87.9 Å². The van der Waals surface area contributed by atoms with Gasteiger partial charge in [0, 0.05) is 0 Å². The number of halogens is 1. The first-order chi connectivity index (χ1) is 6.54. The number of aromatic hydroxyl groups is 1. The second-order valence-corrected chi connectivity index (χ2v) is 3.59. The Balaban J connectivity index is 3.03. The molecule has 2 N–H and O–H groups in total. The van der Waals surface area contributed by atoms with Gasteiger partial charge in [-0.1, -0.05) is 11.6 Å². The van der Waals surface area contributed by atoms with Crippen molar-refractivity contribution in [3.05, 3.63) is 22.7 Å². The van der Waals surface area contributed by atoms with E-state index >= 15 is 0 Å². The molecule has 0 saturated carbocycles. The van der Waals surface area contributed by atoms with Crippen molar-refractivity contribution < 1.29 is 14.9 Å². The molecule has 14 heavy (non-hydrogen) atoms. The lowest BCUT2D eigenvalue weighted by atomic mass is 10.1. The van der Waals surface area contributed by atoms with Gasteiger partial charge in [0.25, 0.3) is 0 Å². The zero-order valence-electron chi connectivity index (χ0n) is 8.12. The van der Waals surface area contributed by atoms with Crippen molar-refractivity contribution in [3.8, 4) is 11.5 Å². The van der Waals surface area contributed by atoms with Crippen LogP contribution in [0.15, 0.2) is 12.1 Å². The van der Waals surface area contributed by atoms with Crippen LogP contribution >= 0.6 is 11.6 Å². The molecule has 1 aromatic carbocycles. The van der Waals surface area contributed by atoms with E-state index in [1.54, 1.807) is 19.1 Å². The third kappa shape index (κ3) is 2.53. The van der Waals surface area contributed by atoms with Gasteiger partial charge in [-0.15, -0.1) is 0 Å². The summed E-state index contributed by atoms with van der Waals surface area (Å²) in [6.07, 6.45) is 0.0383. The fourth-order valence-corrected chi connectivity index (χ4v) is 1.48. The molecular formula is C10H13ClO3. The lowest BCUT2D eigenvalue weighted by Gasteiger charge is -2.09. The van der Waals surface area contributed by atoms with Crippen molar-refractivity contribution in [2.45, 2.75) is 19.4 Å². The van der Waals surface area contributed by atoms with Crippen molar-refractivity contribution in [2.24, 2.45) is 0 Å². The SMILES string of the molecule is COc1cc(CC(C)O)cc(Cl)c1O. The maximum Gasteiger partial charge on any atom is 0.176 e. The molecule has 1 aromatic rings. The Morgan fingerprint density at radius 1 is 1.50 bits per heavy atom. The summed E-state index contributed by atoms with van der Waals surface area (Å²) < 4.78 is 4.93. The van der Waals surface area contributed by atoms with Crippen LogP contribution in [0.1, 0.15) is 12.5 Å². The number of aliphatic hydroxyl groups is 1. The molecule has 0 fully saturated rings. The highest BCUT2D eigenvalue weighted by molar-refractivity contribution is 6.32. The van der Waals surface area contributed by atoms with Gasteiger partial charge in [0.05, 0.1) is 18.2 Å². The summed E-state index contributed by atoms with van der Waals surface area (Å²) in [5.41, 5.74) is 0.833. The van der Waals surface area contributed by atoms with E-state index in [4.69, 9.17) is 16.3 Å². The minimum atomic E-state index is -0.444. The molecule has 0 aromatic heterocycles. The third-order valence-corrected chi connectivity index (χ3v) is 2.13. The standard InChI is InChI=1S/C10H13ClO3/c1-6(12)3-7-4-8(11)10(13)9(5-7)14-2/h4-6,12-13H,3H2,1-2H3. The first-order valence-corrected chi connectivity index (χ1v) is 4.65. The quantitative estimate of drug-likeness (QED) is 0.813. The van der Waals surface area contributed by atoms with Gasteiger partial charge >= 0.3 is 0 Å². The van der Waals surface area contributed by atoms with Gasteiger partial charge in [-0.25, -0.2) is 0 Å². The predicted octanol–water partition coefficient (Wildman–Crippen LogP) is 1.98. The second kappa shape index (κ2) is 4.53. The fourth-order valence-electron chi connectivity index (χ4n) is 1.24. The van der Waals surface area contributed by atoms with E-state index in [1.165, 1.54) is 7.11 Å². The number of hydrogen-bond donors (Lipinski definition) is 2. The molecule has 0 amide bonds. The van der Waals surface area contributed by atoms with Gasteiger partial charge in [0.2, 0.25) is 0 Å². The largest absolute Gasteiger partial charge is 0.503 e. The molecule has 1 unspecified atom stereocenters. The monoisotopic (exact) mass is 216 g/mol. The van der Waals surface area contributed by atoms with E-state index in [-0.39, 0.29) is 10.8 Å². The highest BCUT2D eigenvalue weighted by Crippen LogP contribution is 2.35. The normalized spacial score (nSPS) is 12.6. The molecule has 78 valence electrons. The summed E-state index contributed by atoms with van der Waals surface area (Å²) in [5.74, 6) is 0.261. The minimum absolute atomic E-state index is 0.0662. The molecule has 0 heterocycles. The molecule has 0 aliphatic rings. The number of methoxy groups -OCH3 is 1. The maximum atomic E-state index is 9.44. The van der Waals surface area contributed by atoms with Crippen LogP contribution in [0.3, 0.4) is 0 Å². The van der Waals surface area contributed by atoms with Crippen LogP contribution < -0.4 is 4.74 Å². The lowest BCUT2D eigenvalue weighted by molar-refractivity contribution is 0.195. The summed E-state index contributed by atoms with van der Waals surface area (Å²) in [7, 11) is 1.46. The Morgan fingerprint density at radius 3 is 2.64 bits per heavy atom. The van der Waals surface area contributed by atoms with Crippen LogP contribution in [0.25, 0.3) is 0 Å². The van der Waals surface area contributed by atoms with Crippen LogP contribution in [0.5, 0.6) is 11.5 Å². The molecule has 0 bridgehead atoms. The number of hydrogen-bond acceptors (Lipinski definition) is 3. The van der Waals surface area contributed by atoms with E-state index in [9.17, 15) is 10.2 Å². The van der Waals surface area contributed by atoms with Crippen molar-refractivity contribution in [1.29, 1.82) is 0 Å². The van der Waals surface area contributed by atoms with Crippen LogP contribution in [-0.4, -0.2) is 23.4 Å². The topological polar surface area (TPSA) is 49.7 Å². The smallest absolute Gasteiger partial charge is 0.176 e. The second-order valence-electron chi connectivity index (χ2n) is 3.18. The number of ether oxygens (including phenoxy) is 1. The highest BCUT2D eigenvalue weighted by atomic mass is 35.5. The molecule has 0 spiro atoms. The fraction of sp³-hybridized carbons (Fsp3) is 0.400. The van der Waals surface area contributed by atoms with Crippen LogP contribution in [0.4, 0.5) is 0 Å². The third-order valence-electron chi connectivity index (χ3n) is 1.84. The molecule has 1 atom stereocenters. The summed E-state index contributed by atoms with van der Waals surface area (Å²) in [6, 6.07) is 3.28. The molecule has 1 rings (SSSR count). The van der Waals surface area contributed by atoms with E-state index in [2.05, 4.69) is 0 Å². The summed E-state index contributed by atoms with van der Waals surface area (Å²) >= 11 is 5.77. The van der Waals surface area contributed by atoms with Gasteiger partial charge < -0.3 is 14.9 Å². The van der Waals surface area contributed by atoms with E-state index < -0.39 is 6.10 Å². The van der Waals surface area contributed by atoms with Crippen LogP contribution in [0.2, 0.25) is 5.02 Å². The Kier molecular flexibility index (Phi) is 3.61. The zero-order valence-corrected chi connectivity index (χ0v) is 8.88. The summed E-state index contributed by atoms with van der Waals surface area (Å²) in [5, 5.41) is 18.9. The average molecular weight is 217 g/mol. The Morgan fingerprint density at radius 2 is 2.14 bits per heavy atom.